The van der Waals surface area contributed by atoms with Crippen LogP contribution in [-0.2, 0) is 21.4 Å². The highest BCUT2D eigenvalue weighted by Crippen LogP contribution is 2.45. The van der Waals surface area contributed by atoms with Crippen molar-refractivity contribution in [3.05, 3.63) is 105 Å². The number of rotatable bonds is 7. The first-order valence-corrected chi connectivity index (χ1v) is 15.0. The van der Waals surface area contributed by atoms with Gasteiger partial charge in [-0.15, -0.1) is 0 Å². The summed E-state index contributed by atoms with van der Waals surface area (Å²) in [7, 11) is 1.73. The zero-order chi connectivity index (χ0) is 31.1. The standard InChI is InChI=1S/C32H27N5O5S2/c1-4-42-22-16-14-20(15-17-22)33-25(38)18-35-24-13-9-8-12-23(24)26(29(35)39)28-31(41)36(32(43)44-28)27-19(2)34(3)37(30(27)40)21-10-6-5-7-11-21/h5-17H,4,18H2,1-3H3,(H,33,38). The quantitative estimate of drug-likeness (QED) is 0.236. The Morgan fingerprint density at radius 1 is 0.932 bits per heavy atom. The third-order valence-corrected chi connectivity index (χ3v) is 8.79. The fourth-order valence-electron chi connectivity index (χ4n) is 5.33. The molecule has 12 heteroatoms. The molecule has 0 atom stereocenters. The second kappa shape index (κ2) is 11.6. The van der Waals surface area contributed by atoms with Crippen molar-refractivity contribution in [1.29, 1.82) is 0 Å². The Hall–Kier alpha value is -4.94. The van der Waals surface area contributed by atoms with Gasteiger partial charge in [0, 0.05) is 18.3 Å². The summed E-state index contributed by atoms with van der Waals surface area (Å²) in [6.07, 6.45) is 0. The summed E-state index contributed by atoms with van der Waals surface area (Å²) in [6, 6.07) is 23.0. The number of anilines is 3. The van der Waals surface area contributed by atoms with Gasteiger partial charge in [-0.1, -0.05) is 60.4 Å². The van der Waals surface area contributed by atoms with E-state index in [0.29, 0.717) is 40.7 Å². The molecule has 1 fully saturated rings. The molecule has 0 saturated carbocycles. The first-order chi connectivity index (χ1) is 21.2. The maximum Gasteiger partial charge on any atom is 0.296 e. The molecule has 1 saturated heterocycles. The van der Waals surface area contributed by atoms with Crippen molar-refractivity contribution in [3.63, 3.8) is 0 Å². The lowest BCUT2D eigenvalue weighted by atomic mass is 10.1. The first-order valence-electron chi connectivity index (χ1n) is 13.8. The zero-order valence-corrected chi connectivity index (χ0v) is 25.7. The predicted octanol–water partition coefficient (Wildman–Crippen LogP) is 4.64. The smallest absolute Gasteiger partial charge is 0.296 e. The Bertz CT molecular complexity index is 1930. The van der Waals surface area contributed by atoms with Crippen LogP contribution in [0.25, 0.3) is 11.3 Å². The number of hydrogen-bond donors (Lipinski definition) is 1. The van der Waals surface area contributed by atoms with E-state index in [1.807, 2.05) is 25.1 Å². The van der Waals surface area contributed by atoms with Crippen LogP contribution < -0.4 is 25.4 Å². The highest BCUT2D eigenvalue weighted by atomic mass is 32.2. The molecule has 0 bridgehead atoms. The molecule has 0 unspecified atom stereocenters. The zero-order valence-electron chi connectivity index (χ0n) is 24.1. The van der Waals surface area contributed by atoms with Crippen LogP contribution in [0.3, 0.4) is 0 Å². The summed E-state index contributed by atoms with van der Waals surface area (Å²) >= 11 is 6.58. The van der Waals surface area contributed by atoms with Crippen molar-refractivity contribution in [2.45, 2.75) is 13.8 Å². The average Bonchev–Trinajstić information content (AvgIpc) is 3.54. The highest BCUT2D eigenvalue weighted by molar-refractivity contribution is 8.27. The number of ether oxygens (including phenoxy) is 1. The molecule has 6 rings (SSSR count). The molecule has 2 aliphatic heterocycles. The van der Waals surface area contributed by atoms with Gasteiger partial charge in [-0.3, -0.25) is 33.7 Å². The van der Waals surface area contributed by atoms with Crippen LogP contribution in [0, 0.1) is 6.92 Å². The van der Waals surface area contributed by atoms with Gasteiger partial charge < -0.3 is 10.1 Å². The molecule has 1 N–H and O–H groups in total. The van der Waals surface area contributed by atoms with Crippen LogP contribution in [0.2, 0.25) is 0 Å². The molecule has 0 radical (unpaired) electrons. The van der Waals surface area contributed by atoms with Gasteiger partial charge in [0.05, 0.1) is 34.2 Å². The Labute approximate surface area is 262 Å². The van der Waals surface area contributed by atoms with Gasteiger partial charge in [0.2, 0.25) is 5.91 Å². The number of aromatic nitrogens is 2. The molecular formula is C32H27N5O5S2. The summed E-state index contributed by atoms with van der Waals surface area (Å²) in [6.45, 7) is 3.88. The number of carbonyl (C=O) groups excluding carboxylic acids is 3. The molecule has 3 aromatic carbocycles. The molecule has 3 heterocycles. The monoisotopic (exact) mass is 625 g/mol. The largest absolute Gasteiger partial charge is 0.494 e. The third kappa shape index (κ3) is 4.91. The van der Waals surface area contributed by atoms with Crippen LogP contribution in [-0.4, -0.2) is 44.6 Å². The minimum Gasteiger partial charge on any atom is -0.494 e. The molecule has 0 aliphatic carbocycles. The van der Waals surface area contributed by atoms with Crippen molar-refractivity contribution >= 4 is 68.7 Å². The van der Waals surface area contributed by atoms with Gasteiger partial charge >= 0.3 is 0 Å². The molecule has 1 aromatic heterocycles. The highest BCUT2D eigenvalue weighted by Gasteiger charge is 2.44. The van der Waals surface area contributed by atoms with Gasteiger partial charge in [0.15, 0.2) is 4.32 Å². The number of thiocarbonyl (C=S) groups is 1. The minimum absolute atomic E-state index is 0.107. The minimum atomic E-state index is -0.565. The predicted molar refractivity (Wildman–Crippen MR) is 175 cm³/mol. The number of benzene rings is 3. The van der Waals surface area contributed by atoms with Gasteiger partial charge in [-0.25, -0.2) is 4.68 Å². The van der Waals surface area contributed by atoms with Crippen LogP contribution in [0.4, 0.5) is 17.1 Å². The lowest BCUT2D eigenvalue weighted by Gasteiger charge is -2.17. The number of nitrogens with zero attached hydrogens (tertiary/aromatic N) is 4. The summed E-state index contributed by atoms with van der Waals surface area (Å²) in [4.78, 5) is 57.3. The Balaban J connectivity index is 1.32. The fraction of sp³-hybridized carbons (Fsp3) is 0.156. The topological polar surface area (TPSA) is 106 Å². The van der Waals surface area contributed by atoms with Gasteiger partial charge in [0.25, 0.3) is 17.4 Å². The van der Waals surface area contributed by atoms with Crippen LogP contribution in [0.1, 0.15) is 18.2 Å². The van der Waals surface area contributed by atoms with E-state index in [2.05, 4.69) is 5.32 Å². The van der Waals surface area contributed by atoms with Crippen molar-refractivity contribution < 1.29 is 19.1 Å². The lowest BCUT2D eigenvalue weighted by molar-refractivity contribution is -0.118. The molecule has 0 spiro atoms. The second-order valence-electron chi connectivity index (χ2n) is 10.0. The van der Waals surface area contributed by atoms with Crippen molar-refractivity contribution in [1.82, 2.24) is 9.36 Å². The van der Waals surface area contributed by atoms with E-state index in [1.165, 1.54) is 14.5 Å². The first kappa shape index (κ1) is 29.1. The number of hydrogen-bond acceptors (Lipinski definition) is 7. The molecule has 222 valence electrons. The number of fused-ring (bicyclic) bond motifs is 1. The van der Waals surface area contributed by atoms with Crippen LogP contribution in [0.5, 0.6) is 5.75 Å². The molecule has 4 aromatic rings. The van der Waals surface area contributed by atoms with Crippen LogP contribution in [0.15, 0.2) is 88.6 Å². The molecule has 2 aliphatic rings. The van der Waals surface area contributed by atoms with E-state index in [0.717, 1.165) is 11.8 Å². The van der Waals surface area contributed by atoms with Crippen molar-refractivity contribution in [2.75, 3.05) is 28.3 Å². The lowest BCUT2D eigenvalue weighted by Crippen LogP contribution is -2.36. The second-order valence-corrected chi connectivity index (χ2v) is 11.7. The molecular weight excluding hydrogens is 599 g/mol. The number of amides is 3. The van der Waals surface area contributed by atoms with Crippen molar-refractivity contribution in [3.8, 4) is 11.4 Å². The number of carbonyl (C=O) groups is 3. The third-order valence-electron chi connectivity index (χ3n) is 7.42. The summed E-state index contributed by atoms with van der Waals surface area (Å²) in [5.41, 5.74) is 2.60. The summed E-state index contributed by atoms with van der Waals surface area (Å²) in [5.74, 6) is -0.793. The molecule has 10 nitrogen and oxygen atoms in total. The van der Waals surface area contributed by atoms with E-state index < -0.39 is 23.3 Å². The van der Waals surface area contributed by atoms with Gasteiger partial charge in [0.1, 0.15) is 18.0 Å². The summed E-state index contributed by atoms with van der Waals surface area (Å²) in [5, 5.41) is 2.81. The van der Waals surface area contributed by atoms with E-state index in [9.17, 15) is 19.2 Å². The maximum atomic E-state index is 14.0. The average molecular weight is 626 g/mol. The van der Waals surface area contributed by atoms with Gasteiger partial charge in [-0.2, -0.15) is 0 Å². The summed E-state index contributed by atoms with van der Waals surface area (Å²) < 4.78 is 8.72. The number of thioether (sulfide) groups is 1. The SMILES string of the molecule is CCOc1ccc(NC(=O)CN2C(=O)C(=C3SC(=S)N(c4c(C)n(C)n(-c5ccccc5)c4=O)C3=O)c3ccccc32)cc1. The van der Waals surface area contributed by atoms with Gasteiger partial charge in [-0.05, 0) is 56.3 Å². The number of para-hydroxylation sites is 2. The Morgan fingerprint density at radius 2 is 1.61 bits per heavy atom. The fourth-order valence-corrected chi connectivity index (χ4v) is 6.67. The van der Waals surface area contributed by atoms with Crippen molar-refractivity contribution in [2.24, 2.45) is 7.05 Å². The van der Waals surface area contributed by atoms with Crippen LogP contribution >= 0.6 is 24.0 Å². The maximum absolute atomic E-state index is 14.0. The molecule has 3 amide bonds. The number of nitrogens with one attached hydrogen (secondary N) is 1. The molecule has 44 heavy (non-hydrogen) atoms. The normalized spacial score (nSPS) is 16.1. The Kier molecular flexibility index (Phi) is 7.70. The Morgan fingerprint density at radius 3 is 2.32 bits per heavy atom. The van der Waals surface area contributed by atoms with E-state index in [-0.39, 0.29) is 27.0 Å². The van der Waals surface area contributed by atoms with E-state index >= 15 is 0 Å². The van der Waals surface area contributed by atoms with E-state index in [4.69, 9.17) is 17.0 Å². The van der Waals surface area contributed by atoms with E-state index in [1.54, 1.807) is 79.3 Å².